The lowest BCUT2D eigenvalue weighted by Gasteiger charge is -2.18. The van der Waals surface area contributed by atoms with Gasteiger partial charge < -0.3 is 14.0 Å². The highest BCUT2D eigenvalue weighted by Gasteiger charge is 2.24. The zero-order valence-corrected chi connectivity index (χ0v) is 22.3. The third-order valence-corrected chi connectivity index (χ3v) is 6.93. The van der Waals surface area contributed by atoms with Crippen molar-refractivity contribution in [1.29, 1.82) is 0 Å². The van der Waals surface area contributed by atoms with Gasteiger partial charge in [0.1, 0.15) is 16.9 Å². The number of benzene rings is 1. The molecule has 0 bridgehead atoms. The molecule has 5 rings (SSSR count). The second-order valence-corrected chi connectivity index (χ2v) is 9.77. The van der Waals surface area contributed by atoms with E-state index in [4.69, 9.17) is 37.7 Å². The van der Waals surface area contributed by atoms with E-state index in [0.717, 1.165) is 18.4 Å². The SMILES string of the molecule is CCOC(=O)c1cc2c(=O)n3cccc(C)c3nc2n(C[C@H]2CCCO2)c1=NC(=O)c1ccc(Cl)cc1Cl. The maximum Gasteiger partial charge on any atom is 0.341 e. The van der Waals surface area contributed by atoms with Crippen molar-refractivity contribution in [2.75, 3.05) is 13.2 Å². The fourth-order valence-electron chi connectivity index (χ4n) is 4.55. The average molecular weight is 555 g/mol. The third-order valence-electron chi connectivity index (χ3n) is 6.38. The number of pyridine rings is 2. The molecule has 3 aromatic heterocycles. The van der Waals surface area contributed by atoms with Gasteiger partial charge in [-0.25, -0.2) is 9.78 Å². The van der Waals surface area contributed by atoms with Crippen LogP contribution in [-0.2, 0) is 16.0 Å². The van der Waals surface area contributed by atoms with Crippen LogP contribution in [0.4, 0.5) is 0 Å². The minimum absolute atomic E-state index is 0.00676. The van der Waals surface area contributed by atoms with Gasteiger partial charge in [-0.2, -0.15) is 4.99 Å². The molecule has 1 aliphatic rings. The van der Waals surface area contributed by atoms with Gasteiger partial charge in [0.05, 0.1) is 35.2 Å². The first-order valence-corrected chi connectivity index (χ1v) is 12.9. The Balaban J connectivity index is 1.88. The van der Waals surface area contributed by atoms with Crippen LogP contribution in [0.25, 0.3) is 16.7 Å². The Morgan fingerprint density at radius 3 is 2.71 bits per heavy atom. The lowest BCUT2D eigenvalue weighted by Crippen LogP contribution is -2.35. The van der Waals surface area contributed by atoms with Crippen LogP contribution >= 0.6 is 23.2 Å². The number of carbonyl (C=O) groups excluding carboxylic acids is 2. The van der Waals surface area contributed by atoms with Crippen LogP contribution in [0, 0.1) is 6.92 Å². The van der Waals surface area contributed by atoms with E-state index in [0.29, 0.717) is 17.3 Å². The Labute approximate surface area is 227 Å². The molecular weight excluding hydrogens is 531 g/mol. The second kappa shape index (κ2) is 10.7. The molecule has 0 spiro atoms. The molecule has 1 amide bonds. The number of carbonyl (C=O) groups is 2. The molecule has 0 N–H and O–H groups in total. The molecule has 0 radical (unpaired) electrons. The Bertz CT molecular complexity index is 1720. The molecule has 1 saturated heterocycles. The number of halogens is 2. The van der Waals surface area contributed by atoms with Crippen LogP contribution in [0.5, 0.6) is 0 Å². The van der Waals surface area contributed by atoms with Crippen molar-refractivity contribution in [3.63, 3.8) is 0 Å². The molecule has 0 unspecified atom stereocenters. The van der Waals surface area contributed by atoms with Crippen LogP contribution in [0.15, 0.2) is 52.4 Å². The largest absolute Gasteiger partial charge is 0.462 e. The van der Waals surface area contributed by atoms with Crippen LogP contribution in [0.3, 0.4) is 0 Å². The number of ether oxygens (including phenoxy) is 2. The van der Waals surface area contributed by atoms with Gasteiger partial charge in [0.2, 0.25) is 0 Å². The Morgan fingerprint density at radius 1 is 1.18 bits per heavy atom. The number of esters is 1. The van der Waals surface area contributed by atoms with Gasteiger partial charge in [0.25, 0.3) is 11.5 Å². The van der Waals surface area contributed by atoms with Crippen molar-refractivity contribution < 1.29 is 19.1 Å². The number of aryl methyl sites for hydroxylation is 1. The summed E-state index contributed by atoms with van der Waals surface area (Å²) in [5.74, 6) is -1.41. The number of hydrogen-bond donors (Lipinski definition) is 0. The molecule has 1 aliphatic heterocycles. The van der Waals surface area contributed by atoms with Crippen molar-refractivity contribution in [3.05, 3.63) is 85.2 Å². The van der Waals surface area contributed by atoms with Gasteiger partial charge in [0, 0.05) is 17.8 Å². The molecule has 11 heteroatoms. The molecule has 1 fully saturated rings. The van der Waals surface area contributed by atoms with Gasteiger partial charge in [-0.3, -0.25) is 14.0 Å². The maximum atomic E-state index is 13.6. The molecule has 196 valence electrons. The Hall–Kier alpha value is -3.53. The first kappa shape index (κ1) is 26.1. The van der Waals surface area contributed by atoms with Crippen LogP contribution in [0.2, 0.25) is 10.0 Å². The molecule has 4 aromatic rings. The van der Waals surface area contributed by atoms with E-state index in [1.807, 2.05) is 13.0 Å². The van der Waals surface area contributed by atoms with Gasteiger partial charge >= 0.3 is 5.97 Å². The smallest absolute Gasteiger partial charge is 0.341 e. The molecule has 1 atom stereocenters. The van der Waals surface area contributed by atoms with E-state index in [2.05, 4.69) is 4.99 Å². The Kier molecular flexibility index (Phi) is 7.34. The summed E-state index contributed by atoms with van der Waals surface area (Å²) in [7, 11) is 0. The summed E-state index contributed by atoms with van der Waals surface area (Å²) in [6, 6.07) is 9.42. The summed E-state index contributed by atoms with van der Waals surface area (Å²) in [5.41, 5.74) is 1.23. The Morgan fingerprint density at radius 2 is 2.00 bits per heavy atom. The number of fused-ring (bicyclic) bond motifs is 2. The predicted molar refractivity (Wildman–Crippen MR) is 143 cm³/mol. The van der Waals surface area contributed by atoms with Crippen molar-refractivity contribution in [2.24, 2.45) is 4.99 Å². The van der Waals surface area contributed by atoms with Crippen molar-refractivity contribution in [1.82, 2.24) is 14.0 Å². The summed E-state index contributed by atoms with van der Waals surface area (Å²) < 4.78 is 14.2. The number of nitrogens with zero attached hydrogens (tertiary/aromatic N) is 4. The fourth-order valence-corrected chi connectivity index (χ4v) is 5.04. The lowest BCUT2D eigenvalue weighted by atomic mass is 10.1. The normalized spacial score (nSPS) is 15.9. The summed E-state index contributed by atoms with van der Waals surface area (Å²) in [6.07, 6.45) is 3.03. The fraction of sp³-hybridized carbons (Fsp3) is 0.296. The second-order valence-electron chi connectivity index (χ2n) is 8.93. The van der Waals surface area contributed by atoms with Gasteiger partial charge in [-0.15, -0.1) is 0 Å². The standard InChI is InChI=1S/C27H24Cl2N4O5/c1-3-37-27(36)20-13-19-23(30-22-15(2)6-4-10-32(22)26(19)35)33(14-17-7-5-11-38-17)24(20)31-25(34)18-9-8-16(28)12-21(18)29/h4,6,8-10,12-13,17H,3,5,7,11,14H2,1-2H3/t17-/m1/s1. The summed E-state index contributed by atoms with van der Waals surface area (Å²) >= 11 is 12.3. The highest BCUT2D eigenvalue weighted by molar-refractivity contribution is 6.36. The molecule has 0 aliphatic carbocycles. The molecule has 4 heterocycles. The minimum atomic E-state index is -0.724. The third kappa shape index (κ3) is 4.84. The van der Waals surface area contributed by atoms with Crippen molar-refractivity contribution in [2.45, 2.75) is 39.3 Å². The van der Waals surface area contributed by atoms with Gasteiger partial charge in [-0.05, 0) is 62.6 Å². The topological polar surface area (TPSA) is 104 Å². The molecule has 9 nitrogen and oxygen atoms in total. The van der Waals surface area contributed by atoms with E-state index in [1.165, 1.54) is 28.7 Å². The van der Waals surface area contributed by atoms with E-state index < -0.39 is 11.9 Å². The number of aromatic nitrogens is 3. The zero-order valence-electron chi connectivity index (χ0n) is 20.7. The number of hydrogen-bond acceptors (Lipinski definition) is 6. The molecule has 38 heavy (non-hydrogen) atoms. The number of amides is 1. The van der Waals surface area contributed by atoms with Crippen LogP contribution < -0.4 is 11.0 Å². The van der Waals surface area contributed by atoms with Crippen molar-refractivity contribution >= 4 is 51.8 Å². The first-order valence-electron chi connectivity index (χ1n) is 12.2. The lowest BCUT2D eigenvalue weighted by molar-refractivity contribution is 0.0521. The average Bonchev–Trinajstić information content (AvgIpc) is 3.39. The highest BCUT2D eigenvalue weighted by atomic mass is 35.5. The summed E-state index contributed by atoms with van der Waals surface area (Å²) in [5, 5.41) is 0.670. The predicted octanol–water partition coefficient (Wildman–Crippen LogP) is 4.36. The van der Waals surface area contributed by atoms with E-state index >= 15 is 0 Å². The van der Waals surface area contributed by atoms with Crippen molar-refractivity contribution in [3.8, 4) is 0 Å². The van der Waals surface area contributed by atoms with Crippen LogP contribution in [-0.4, -0.2) is 45.1 Å². The summed E-state index contributed by atoms with van der Waals surface area (Å²) in [4.78, 5) is 49.2. The van der Waals surface area contributed by atoms with Crippen LogP contribution in [0.1, 0.15) is 46.0 Å². The number of rotatable bonds is 5. The van der Waals surface area contributed by atoms with Gasteiger partial charge in [0.15, 0.2) is 5.49 Å². The monoisotopic (exact) mass is 554 g/mol. The van der Waals surface area contributed by atoms with E-state index in [9.17, 15) is 14.4 Å². The van der Waals surface area contributed by atoms with E-state index in [-0.39, 0.29) is 57.5 Å². The quantitative estimate of drug-likeness (QED) is 0.268. The molecule has 0 saturated carbocycles. The zero-order chi connectivity index (χ0) is 27.0. The summed E-state index contributed by atoms with van der Waals surface area (Å²) in [6.45, 7) is 4.42. The van der Waals surface area contributed by atoms with E-state index in [1.54, 1.807) is 23.8 Å². The van der Waals surface area contributed by atoms with Gasteiger partial charge in [-0.1, -0.05) is 29.3 Å². The molecule has 1 aromatic carbocycles. The highest BCUT2D eigenvalue weighted by Crippen LogP contribution is 2.22. The maximum absolute atomic E-state index is 13.6. The molecular formula is C27H24Cl2N4O5. The first-order chi connectivity index (χ1) is 18.3. The minimum Gasteiger partial charge on any atom is -0.462 e.